The maximum absolute atomic E-state index is 5.99. The van der Waals surface area contributed by atoms with E-state index in [9.17, 15) is 0 Å². The van der Waals surface area contributed by atoms with Gasteiger partial charge in [-0.15, -0.1) is 10.2 Å². The van der Waals surface area contributed by atoms with Gasteiger partial charge in [0.25, 0.3) is 0 Å². The van der Waals surface area contributed by atoms with Crippen molar-refractivity contribution in [2.24, 2.45) is 4.99 Å². The molecule has 0 amide bonds. The Hall–Kier alpha value is -2.83. The number of furan rings is 1. The number of aliphatic imine (C=N–C) groups is 1. The molecule has 3 heterocycles. The molecule has 1 aliphatic heterocycles. The number of aromatic nitrogens is 3. The Labute approximate surface area is 165 Å². The molecule has 3 aromatic rings. The van der Waals surface area contributed by atoms with Gasteiger partial charge in [-0.2, -0.15) is 0 Å². The minimum Gasteiger partial charge on any atom is -0.459 e. The number of nitrogens with one attached hydrogen (secondary N) is 2. The van der Waals surface area contributed by atoms with Crippen molar-refractivity contribution in [3.63, 3.8) is 0 Å². The Bertz CT molecular complexity index is 971. The molecule has 148 valence electrons. The van der Waals surface area contributed by atoms with E-state index in [2.05, 4.69) is 45.3 Å². The molecule has 2 aromatic heterocycles. The molecule has 0 radical (unpaired) electrons. The van der Waals surface area contributed by atoms with Gasteiger partial charge in [-0.25, -0.2) is 4.99 Å². The topological polar surface area (TPSA) is 80.3 Å². The summed E-state index contributed by atoms with van der Waals surface area (Å²) in [5.41, 5.74) is 2.09. The highest BCUT2D eigenvalue weighted by Crippen LogP contribution is 2.24. The molecule has 2 N–H and O–H groups in total. The Morgan fingerprint density at radius 3 is 2.93 bits per heavy atom. The quantitative estimate of drug-likeness (QED) is 0.524. The smallest absolute Gasteiger partial charge is 0.192 e. The Kier molecular flexibility index (Phi) is 5.60. The number of hydrogen-bond acceptors (Lipinski definition) is 4. The van der Waals surface area contributed by atoms with E-state index in [0.29, 0.717) is 13.1 Å². The predicted octanol–water partition coefficient (Wildman–Crippen LogP) is 3.31. The normalized spacial score (nSPS) is 14.7. The number of guanidine groups is 1. The number of hydrogen-bond donors (Lipinski definition) is 2. The van der Waals surface area contributed by atoms with E-state index in [-0.39, 0.29) is 0 Å². The van der Waals surface area contributed by atoms with Crippen molar-refractivity contribution in [1.82, 2.24) is 25.4 Å². The molecule has 7 heteroatoms. The van der Waals surface area contributed by atoms with Gasteiger partial charge in [-0.05, 0) is 32.8 Å². The van der Waals surface area contributed by atoms with Crippen molar-refractivity contribution in [2.75, 3.05) is 6.54 Å². The van der Waals surface area contributed by atoms with Gasteiger partial charge < -0.3 is 19.6 Å². The van der Waals surface area contributed by atoms with Crippen molar-refractivity contribution in [3.05, 3.63) is 47.2 Å². The second-order valence-corrected chi connectivity index (χ2v) is 7.19. The van der Waals surface area contributed by atoms with Crippen LogP contribution in [-0.4, -0.2) is 27.3 Å². The minimum atomic E-state index is 0.515. The molecule has 0 aliphatic carbocycles. The average Bonchev–Trinajstić information content (AvgIpc) is 3.15. The first-order chi connectivity index (χ1) is 13.8. The van der Waals surface area contributed by atoms with Gasteiger partial charge in [-0.1, -0.05) is 24.6 Å². The van der Waals surface area contributed by atoms with Crippen LogP contribution in [0.4, 0.5) is 0 Å². The zero-order valence-corrected chi connectivity index (χ0v) is 16.7. The predicted molar refractivity (Wildman–Crippen MR) is 110 cm³/mol. The van der Waals surface area contributed by atoms with E-state index in [4.69, 9.17) is 9.41 Å². The zero-order chi connectivity index (χ0) is 19.3. The van der Waals surface area contributed by atoms with Crippen molar-refractivity contribution in [2.45, 2.75) is 59.2 Å². The number of aryl methyl sites for hydroxylation is 2. The molecule has 7 nitrogen and oxygen atoms in total. The summed E-state index contributed by atoms with van der Waals surface area (Å²) in [6, 6.07) is 8.13. The van der Waals surface area contributed by atoms with Crippen LogP contribution in [0.15, 0.2) is 33.7 Å². The first kappa shape index (κ1) is 18.5. The van der Waals surface area contributed by atoms with Gasteiger partial charge in [-0.3, -0.25) is 0 Å². The van der Waals surface area contributed by atoms with Crippen LogP contribution in [0.1, 0.15) is 49.2 Å². The van der Waals surface area contributed by atoms with Crippen LogP contribution in [0.3, 0.4) is 0 Å². The summed E-state index contributed by atoms with van der Waals surface area (Å²) >= 11 is 0. The third-order valence-corrected chi connectivity index (χ3v) is 5.27. The maximum Gasteiger partial charge on any atom is 0.192 e. The molecular formula is C21H28N6O. The minimum absolute atomic E-state index is 0.515. The van der Waals surface area contributed by atoms with Crippen molar-refractivity contribution in [1.29, 1.82) is 0 Å². The molecule has 1 aromatic carbocycles. The second-order valence-electron chi connectivity index (χ2n) is 7.19. The van der Waals surface area contributed by atoms with E-state index in [1.807, 2.05) is 18.2 Å². The Balaban J connectivity index is 1.46. The largest absolute Gasteiger partial charge is 0.459 e. The number of para-hydroxylation sites is 1. The lowest BCUT2D eigenvalue weighted by Crippen LogP contribution is -2.36. The van der Waals surface area contributed by atoms with Crippen LogP contribution in [0.2, 0.25) is 0 Å². The first-order valence-corrected chi connectivity index (χ1v) is 10.2. The van der Waals surface area contributed by atoms with Gasteiger partial charge in [0.15, 0.2) is 11.8 Å². The molecule has 28 heavy (non-hydrogen) atoms. The Morgan fingerprint density at radius 1 is 1.18 bits per heavy atom. The van der Waals surface area contributed by atoms with Gasteiger partial charge in [0, 0.05) is 30.5 Å². The summed E-state index contributed by atoms with van der Waals surface area (Å²) in [5.74, 6) is 3.73. The molecule has 4 rings (SSSR count). The second kappa shape index (κ2) is 8.46. The van der Waals surface area contributed by atoms with Gasteiger partial charge in [0.05, 0.1) is 6.54 Å². The molecule has 0 fully saturated rings. The molecular weight excluding hydrogens is 352 g/mol. The van der Waals surface area contributed by atoms with E-state index in [1.165, 1.54) is 24.8 Å². The molecule has 1 aliphatic rings. The van der Waals surface area contributed by atoms with Crippen LogP contribution < -0.4 is 10.6 Å². The van der Waals surface area contributed by atoms with E-state index in [1.54, 1.807) is 0 Å². The van der Waals surface area contributed by atoms with Crippen LogP contribution in [0.25, 0.3) is 11.0 Å². The van der Waals surface area contributed by atoms with Crippen LogP contribution in [0.5, 0.6) is 0 Å². The lowest BCUT2D eigenvalue weighted by Gasteiger charge is -2.11. The highest BCUT2D eigenvalue weighted by atomic mass is 16.3. The monoisotopic (exact) mass is 380 g/mol. The van der Waals surface area contributed by atoms with Crippen LogP contribution >= 0.6 is 0 Å². The summed E-state index contributed by atoms with van der Waals surface area (Å²) in [6.07, 6.45) is 4.65. The fourth-order valence-corrected chi connectivity index (χ4v) is 3.71. The fraction of sp³-hybridized carbons (Fsp3) is 0.476. The van der Waals surface area contributed by atoms with Crippen LogP contribution in [0, 0.1) is 6.92 Å². The number of fused-ring (bicyclic) bond motifs is 2. The number of nitrogens with zero attached hydrogens (tertiary/aromatic N) is 4. The molecule has 0 unspecified atom stereocenters. The number of benzene rings is 1. The fourth-order valence-electron chi connectivity index (χ4n) is 3.71. The third-order valence-electron chi connectivity index (χ3n) is 5.27. The lowest BCUT2D eigenvalue weighted by molar-refractivity contribution is 0.534. The van der Waals surface area contributed by atoms with Gasteiger partial charge >= 0.3 is 0 Å². The van der Waals surface area contributed by atoms with Gasteiger partial charge in [0.2, 0.25) is 0 Å². The first-order valence-electron chi connectivity index (χ1n) is 10.2. The summed E-state index contributed by atoms with van der Waals surface area (Å²) < 4.78 is 8.23. The lowest BCUT2D eigenvalue weighted by atomic mass is 10.1. The summed E-state index contributed by atoms with van der Waals surface area (Å²) in [7, 11) is 0. The van der Waals surface area contributed by atoms with Gasteiger partial charge in [0.1, 0.15) is 23.7 Å². The third kappa shape index (κ3) is 3.88. The SMILES string of the molecule is CCNC(=NCc1nnc2n1CCCCC2)NCc1oc2ccccc2c1C. The molecule has 0 bridgehead atoms. The molecule has 0 atom stereocenters. The van der Waals surface area contributed by atoms with Crippen molar-refractivity contribution >= 4 is 16.9 Å². The van der Waals surface area contributed by atoms with Crippen LogP contribution in [-0.2, 0) is 26.1 Å². The summed E-state index contributed by atoms with van der Waals surface area (Å²) in [5, 5.41) is 16.6. The highest BCUT2D eigenvalue weighted by molar-refractivity contribution is 5.82. The summed E-state index contributed by atoms with van der Waals surface area (Å²) in [4.78, 5) is 4.72. The Morgan fingerprint density at radius 2 is 2.07 bits per heavy atom. The molecule has 0 spiro atoms. The number of rotatable bonds is 5. The van der Waals surface area contributed by atoms with Crippen molar-refractivity contribution < 1.29 is 4.42 Å². The molecule has 0 saturated carbocycles. The average molecular weight is 380 g/mol. The summed E-state index contributed by atoms with van der Waals surface area (Å²) in [6.45, 7) is 7.05. The van der Waals surface area contributed by atoms with Crippen molar-refractivity contribution in [3.8, 4) is 0 Å². The van der Waals surface area contributed by atoms with E-state index >= 15 is 0 Å². The standard InChI is InChI=1S/C21H28N6O/c1-3-22-21(23-13-18-15(2)16-9-6-7-10-17(16)28-18)24-14-20-26-25-19-11-5-4-8-12-27(19)20/h6-7,9-10H,3-5,8,11-14H2,1-2H3,(H2,22,23,24). The zero-order valence-electron chi connectivity index (χ0n) is 16.7. The molecule has 0 saturated heterocycles. The highest BCUT2D eigenvalue weighted by Gasteiger charge is 2.15. The van der Waals surface area contributed by atoms with E-state index < -0.39 is 0 Å². The maximum atomic E-state index is 5.99. The van der Waals surface area contributed by atoms with E-state index in [0.717, 1.165) is 53.8 Å².